The molecule has 4 aromatic rings. The van der Waals surface area contributed by atoms with Crippen LogP contribution in [0.25, 0.3) is 11.3 Å². The monoisotopic (exact) mass is 474 g/mol. The van der Waals surface area contributed by atoms with E-state index in [1.807, 2.05) is 37.3 Å². The van der Waals surface area contributed by atoms with Crippen molar-refractivity contribution in [3.63, 3.8) is 0 Å². The van der Waals surface area contributed by atoms with E-state index < -0.39 is 11.6 Å². The van der Waals surface area contributed by atoms with Crippen molar-refractivity contribution in [2.45, 2.75) is 24.0 Å². The molecule has 0 aliphatic carbocycles. The minimum atomic E-state index is -1.05. The van der Waals surface area contributed by atoms with Crippen LogP contribution in [0.1, 0.15) is 33.7 Å². The first-order valence-electron chi connectivity index (χ1n) is 10.5. The zero-order valence-corrected chi connectivity index (χ0v) is 19.3. The molecule has 0 aliphatic heterocycles. The van der Waals surface area contributed by atoms with Crippen molar-refractivity contribution in [3.05, 3.63) is 106 Å². The van der Waals surface area contributed by atoms with Gasteiger partial charge in [-0.3, -0.25) is 0 Å². The molecule has 0 aliphatic rings. The molecule has 0 saturated carbocycles. The molecule has 4 rings (SSSR count). The highest BCUT2D eigenvalue weighted by atomic mass is 32.2. The summed E-state index contributed by atoms with van der Waals surface area (Å²) in [6, 6.07) is 22.7. The fraction of sp³-hybridized carbons (Fsp3) is 0.111. The van der Waals surface area contributed by atoms with E-state index in [9.17, 15) is 19.8 Å². The van der Waals surface area contributed by atoms with Crippen LogP contribution in [-0.2, 0) is 0 Å². The summed E-state index contributed by atoms with van der Waals surface area (Å²) in [7, 11) is 0. The van der Waals surface area contributed by atoms with E-state index in [1.54, 1.807) is 43.3 Å². The minimum Gasteiger partial charge on any atom is -0.506 e. The van der Waals surface area contributed by atoms with Gasteiger partial charge in [-0.25, -0.2) is 9.59 Å². The van der Waals surface area contributed by atoms with Gasteiger partial charge >= 0.3 is 11.6 Å². The molecule has 3 aromatic carbocycles. The van der Waals surface area contributed by atoms with Crippen molar-refractivity contribution in [1.29, 1.82) is 0 Å². The average Bonchev–Trinajstić information content (AvgIpc) is 2.83. The maximum absolute atomic E-state index is 12.8. The second-order valence-electron chi connectivity index (χ2n) is 7.62. The zero-order chi connectivity index (χ0) is 24.2. The van der Waals surface area contributed by atoms with Gasteiger partial charge in [0.15, 0.2) is 0 Å². The Morgan fingerprint density at radius 3 is 2.35 bits per heavy atom. The Labute approximate surface area is 200 Å². The summed E-state index contributed by atoms with van der Waals surface area (Å²) in [5.74, 6) is -0.374. The summed E-state index contributed by atoms with van der Waals surface area (Å²) < 4.78 is 11.6. The van der Waals surface area contributed by atoms with Crippen LogP contribution in [-0.4, -0.2) is 16.2 Å². The number of ether oxygens (including phenoxy) is 1. The molecule has 6 nitrogen and oxygen atoms in total. The van der Waals surface area contributed by atoms with Crippen LogP contribution in [0, 0.1) is 6.92 Å². The van der Waals surface area contributed by atoms with Crippen LogP contribution in [0.3, 0.4) is 0 Å². The maximum Gasteiger partial charge on any atom is 0.353 e. The van der Waals surface area contributed by atoms with E-state index in [1.165, 1.54) is 23.9 Å². The molecule has 2 N–H and O–H groups in total. The van der Waals surface area contributed by atoms with Gasteiger partial charge in [0.05, 0.1) is 11.1 Å². The number of carboxylic acid groups (broad SMARTS) is 1. The molecule has 1 atom stereocenters. The minimum absolute atomic E-state index is 0.0686. The van der Waals surface area contributed by atoms with Crippen LogP contribution in [0.4, 0.5) is 0 Å². The predicted molar refractivity (Wildman–Crippen MR) is 131 cm³/mol. The molecule has 0 radical (unpaired) electrons. The number of para-hydroxylation sites is 1. The van der Waals surface area contributed by atoms with E-state index in [-0.39, 0.29) is 27.2 Å². The molecule has 1 unspecified atom stereocenters. The van der Waals surface area contributed by atoms with Gasteiger partial charge < -0.3 is 19.4 Å². The lowest BCUT2D eigenvalue weighted by atomic mass is 10.1. The highest BCUT2D eigenvalue weighted by Gasteiger charge is 2.20. The van der Waals surface area contributed by atoms with Crippen LogP contribution in [0.15, 0.2) is 93.0 Å². The van der Waals surface area contributed by atoms with E-state index >= 15 is 0 Å². The summed E-state index contributed by atoms with van der Waals surface area (Å²) >= 11 is 1.22. The van der Waals surface area contributed by atoms with E-state index in [0.717, 1.165) is 5.56 Å². The normalized spacial score (nSPS) is 11.7. The van der Waals surface area contributed by atoms with E-state index in [2.05, 4.69) is 0 Å². The molecule has 172 valence electrons. The van der Waals surface area contributed by atoms with Crippen molar-refractivity contribution in [2.24, 2.45) is 0 Å². The van der Waals surface area contributed by atoms with Gasteiger partial charge in [-0.1, -0.05) is 48.5 Å². The fourth-order valence-corrected chi connectivity index (χ4v) is 4.48. The molecule has 7 heteroatoms. The predicted octanol–water partition coefficient (Wildman–Crippen LogP) is 6.66. The number of aromatic hydroxyl groups is 1. The van der Waals surface area contributed by atoms with E-state index in [0.29, 0.717) is 22.6 Å². The maximum atomic E-state index is 12.8. The Kier molecular flexibility index (Phi) is 6.75. The summed E-state index contributed by atoms with van der Waals surface area (Å²) in [6.45, 7) is 3.61. The highest BCUT2D eigenvalue weighted by Crippen LogP contribution is 2.40. The zero-order valence-electron chi connectivity index (χ0n) is 18.5. The third kappa shape index (κ3) is 4.84. The molecule has 1 heterocycles. The Bertz CT molecular complexity index is 1390. The van der Waals surface area contributed by atoms with Gasteiger partial charge in [-0.2, -0.15) is 0 Å². The molecule has 0 amide bonds. The topological polar surface area (TPSA) is 97.0 Å². The van der Waals surface area contributed by atoms with Crippen LogP contribution < -0.4 is 10.4 Å². The van der Waals surface area contributed by atoms with Gasteiger partial charge in [-0.05, 0) is 43.7 Å². The number of thioether (sulfide) groups is 1. The van der Waals surface area contributed by atoms with Crippen molar-refractivity contribution in [3.8, 4) is 28.6 Å². The lowest BCUT2D eigenvalue weighted by Crippen LogP contribution is -2.05. The van der Waals surface area contributed by atoms with Crippen molar-refractivity contribution >= 4 is 17.7 Å². The summed E-state index contributed by atoms with van der Waals surface area (Å²) in [4.78, 5) is 24.4. The number of rotatable bonds is 7. The second kappa shape index (κ2) is 9.89. The molecular formula is C27H22O6S. The van der Waals surface area contributed by atoms with Crippen LogP contribution in [0.5, 0.6) is 17.2 Å². The molecule has 0 fully saturated rings. The third-order valence-electron chi connectivity index (χ3n) is 5.34. The quantitative estimate of drug-likeness (QED) is 0.289. The number of hydrogen-bond donors (Lipinski definition) is 2. The standard InChI is InChI=1S/C27H22O6S/c1-16-19(26(29)30)12-8-14-22(16)32-23-13-7-6-11-20(23)24-15-21(28)25(27(31)33-24)34-17(2)18-9-4-3-5-10-18/h3-15,17,28H,1-2H3,(H,29,30). The van der Waals surface area contributed by atoms with Gasteiger partial charge in [0, 0.05) is 16.9 Å². The number of carboxylic acids is 1. The lowest BCUT2D eigenvalue weighted by Gasteiger charge is -2.15. The Hall–Kier alpha value is -3.97. The van der Waals surface area contributed by atoms with Gasteiger partial charge in [0.25, 0.3) is 0 Å². The molecular weight excluding hydrogens is 452 g/mol. The Morgan fingerprint density at radius 2 is 1.65 bits per heavy atom. The lowest BCUT2D eigenvalue weighted by molar-refractivity contribution is 0.0695. The number of hydrogen-bond acceptors (Lipinski definition) is 6. The fourth-order valence-electron chi connectivity index (χ4n) is 3.51. The second-order valence-corrected chi connectivity index (χ2v) is 8.97. The summed E-state index contributed by atoms with van der Waals surface area (Å²) in [5.41, 5.74) is 1.42. The first-order chi connectivity index (χ1) is 16.3. The van der Waals surface area contributed by atoms with Crippen LogP contribution in [0.2, 0.25) is 0 Å². The molecule has 0 spiro atoms. The molecule has 0 bridgehead atoms. The highest BCUT2D eigenvalue weighted by molar-refractivity contribution is 7.99. The first kappa shape index (κ1) is 23.2. The van der Waals surface area contributed by atoms with Crippen LogP contribution >= 0.6 is 11.8 Å². The van der Waals surface area contributed by atoms with Crippen molar-refractivity contribution < 1.29 is 24.2 Å². The largest absolute Gasteiger partial charge is 0.506 e. The SMILES string of the molecule is Cc1c(Oc2ccccc2-c2cc(O)c(SC(C)c3ccccc3)c(=O)o2)cccc1C(=O)O. The summed E-state index contributed by atoms with van der Waals surface area (Å²) in [5, 5.41) is 20.0. The molecule has 1 aromatic heterocycles. The smallest absolute Gasteiger partial charge is 0.353 e. The van der Waals surface area contributed by atoms with E-state index in [4.69, 9.17) is 9.15 Å². The average molecular weight is 475 g/mol. The summed E-state index contributed by atoms with van der Waals surface area (Å²) in [6.07, 6.45) is 0. The van der Waals surface area contributed by atoms with Gasteiger partial charge in [-0.15, -0.1) is 11.8 Å². The number of carbonyl (C=O) groups is 1. The first-order valence-corrected chi connectivity index (χ1v) is 11.4. The van der Waals surface area contributed by atoms with Gasteiger partial charge in [0.2, 0.25) is 0 Å². The molecule has 0 saturated heterocycles. The Morgan fingerprint density at radius 1 is 0.971 bits per heavy atom. The molecule has 34 heavy (non-hydrogen) atoms. The number of aromatic carboxylic acids is 1. The van der Waals surface area contributed by atoms with Gasteiger partial charge in [0.1, 0.15) is 27.9 Å². The van der Waals surface area contributed by atoms with Crippen molar-refractivity contribution in [2.75, 3.05) is 0 Å². The Balaban J connectivity index is 1.67. The van der Waals surface area contributed by atoms with Crippen molar-refractivity contribution in [1.82, 2.24) is 0 Å². The number of benzene rings is 3. The third-order valence-corrected chi connectivity index (χ3v) is 6.58.